The number of nitrogens with zero attached hydrogens (tertiary/aromatic N) is 3. The number of hydrogen-bond acceptors (Lipinski definition) is 4. The van der Waals surface area contributed by atoms with E-state index < -0.39 is 11.6 Å². The van der Waals surface area contributed by atoms with Gasteiger partial charge in [0.15, 0.2) is 17.5 Å². The molecular formula is C28H23F2N3O. The molecule has 0 spiro atoms. The van der Waals surface area contributed by atoms with Gasteiger partial charge in [0.1, 0.15) is 18.1 Å². The van der Waals surface area contributed by atoms with Gasteiger partial charge in [-0.25, -0.2) is 18.8 Å². The van der Waals surface area contributed by atoms with Gasteiger partial charge in [-0.2, -0.15) is 0 Å². The molecule has 4 nitrogen and oxygen atoms in total. The first kappa shape index (κ1) is 21.9. The third-order valence-electron chi connectivity index (χ3n) is 5.80. The number of benzene rings is 3. The molecule has 0 aliphatic carbocycles. The van der Waals surface area contributed by atoms with Crippen LogP contribution >= 0.6 is 0 Å². The number of fused-ring (bicyclic) bond motifs is 1. The zero-order valence-electron chi connectivity index (χ0n) is 18.5. The standard InChI is InChI=1S/C28H23F2N3O/c29-24-10-5-9-23(27(24)30)28-32-25-11-4-8-21(31-17-26(25)33-28)16-19-12-14-22(15-13-19)34-18-20-6-2-1-3-7-20/h1-3,5-7,9-15,17,21H,4,8,16,18H2/b25-11+,31-17?. The molecular weight excluding hydrogens is 432 g/mol. The van der Waals surface area contributed by atoms with E-state index in [0.717, 1.165) is 36.6 Å². The number of hydrogen-bond donors (Lipinski definition) is 0. The van der Waals surface area contributed by atoms with Crippen molar-refractivity contribution in [3.8, 4) is 5.75 Å². The third kappa shape index (κ3) is 5.01. The SMILES string of the molecule is Fc1cccc(C2=N/C3=C/CCC(Cc4ccc(OCc5ccccc5)cc4)N=CC3=N2)c1F. The van der Waals surface area contributed by atoms with Crippen molar-refractivity contribution in [3.63, 3.8) is 0 Å². The fourth-order valence-electron chi connectivity index (χ4n) is 3.96. The quantitative estimate of drug-likeness (QED) is 0.443. The Morgan fingerprint density at radius 2 is 1.68 bits per heavy atom. The predicted molar refractivity (Wildman–Crippen MR) is 131 cm³/mol. The Labute approximate surface area is 197 Å². The van der Waals surface area contributed by atoms with Crippen molar-refractivity contribution in [1.29, 1.82) is 0 Å². The summed E-state index contributed by atoms with van der Waals surface area (Å²) in [6.45, 7) is 0.535. The van der Waals surface area contributed by atoms with Crippen molar-refractivity contribution in [2.75, 3.05) is 0 Å². The van der Waals surface area contributed by atoms with Gasteiger partial charge in [0.05, 0.1) is 17.3 Å². The summed E-state index contributed by atoms with van der Waals surface area (Å²) in [5, 5.41) is 0. The lowest BCUT2D eigenvalue weighted by molar-refractivity contribution is 0.306. The summed E-state index contributed by atoms with van der Waals surface area (Å²) < 4.78 is 33.6. The number of allylic oxidation sites excluding steroid dienone is 2. The van der Waals surface area contributed by atoms with E-state index in [4.69, 9.17) is 9.73 Å². The van der Waals surface area contributed by atoms with E-state index in [0.29, 0.717) is 18.0 Å². The van der Waals surface area contributed by atoms with Gasteiger partial charge in [0.25, 0.3) is 0 Å². The van der Waals surface area contributed by atoms with Gasteiger partial charge in [0.2, 0.25) is 0 Å². The highest BCUT2D eigenvalue weighted by Crippen LogP contribution is 2.23. The Morgan fingerprint density at radius 1 is 0.853 bits per heavy atom. The molecule has 0 bridgehead atoms. The normalized spacial score (nSPS) is 18.8. The predicted octanol–water partition coefficient (Wildman–Crippen LogP) is 6.10. The molecule has 2 heterocycles. The molecule has 0 fully saturated rings. The molecule has 0 saturated heterocycles. The van der Waals surface area contributed by atoms with E-state index >= 15 is 0 Å². The van der Waals surface area contributed by atoms with E-state index in [1.165, 1.54) is 17.7 Å². The van der Waals surface area contributed by atoms with Crippen LogP contribution in [0.3, 0.4) is 0 Å². The first-order valence-electron chi connectivity index (χ1n) is 11.3. The Morgan fingerprint density at radius 3 is 2.50 bits per heavy atom. The topological polar surface area (TPSA) is 46.3 Å². The summed E-state index contributed by atoms with van der Waals surface area (Å²) in [6, 6.07) is 22.3. The second kappa shape index (κ2) is 9.91. The Balaban J connectivity index is 1.23. The molecule has 2 aliphatic heterocycles. The molecule has 3 aromatic carbocycles. The van der Waals surface area contributed by atoms with Crippen LogP contribution in [0.5, 0.6) is 5.75 Å². The van der Waals surface area contributed by atoms with Crippen molar-refractivity contribution in [1.82, 2.24) is 0 Å². The van der Waals surface area contributed by atoms with E-state index in [-0.39, 0.29) is 17.4 Å². The largest absolute Gasteiger partial charge is 0.489 e. The highest BCUT2D eigenvalue weighted by Gasteiger charge is 2.22. The van der Waals surface area contributed by atoms with Crippen molar-refractivity contribution in [2.24, 2.45) is 15.0 Å². The minimum atomic E-state index is -0.938. The van der Waals surface area contributed by atoms with Crippen LogP contribution < -0.4 is 4.74 Å². The minimum Gasteiger partial charge on any atom is -0.489 e. The van der Waals surface area contributed by atoms with Crippen LogP contribution in [-0.4, -0.2) is 23.8 Å². The minimum absolute atomic E-state index is 0.0552. The smallest absolute Gasteiger partial charge is 0.169 e. The fourth-order valence-corrected chi connectivity index (χ4v) is 3.96. The average molecular weight is 456 g/mol. The average Bonchev–Trinajstić information content (AvgIpc) is 3.24. The molecule has 6 heteroatoms. The van der Waals surface area contributed by atoms with Crippen LogP contribution in [0.25, 0.3) is 0 Å². The van der Waals surface area contributed by atoms with Crippen LogP contribution in [-0.2, 0) is 13.0 Å². The number of amidine groups is 1. The van der Waals surface area contributed by atoms with Crippen molar-refractivity contribution >= 4 is 17.8 Å². The fraction of sp³-hybridized carbons (Fsp3) is 0.179. The van der Waals surface area contributed by atoms with E-state index in [2.05, 4.69) is 22.1 Å². The van der Waals surface area contributed by atoms with Gasteiger partial charge in [0, 0.05) is 6.21 Å². The lowest BCUT2D eigenvalue weighted by Crippen LogP contribution is -2.13. The van der Waals surface area contributed by atoms with E-state index in [1.807, 2.05) is 48.5 Å². The van der Waals surface area contributed by atoms with Gasteiger partial charge in [-0.15, -0.1) is 0 Å². The highest BCUT2D eigenvalue weighted by molar-refractivity contribution is 6.43. The van der Waals surface area contributed by atoms with E-state index in [9.17, 15) is 8.78 Å². The maximum absolute atomic E-state index is 14.2. The van der Waals surface area contributed by atoms with Crippen molar-refractivity contribution in [3.05, 3.63) is 113 Å². The molecule has 3 aromatic rings. The number of aliphatic imine (C=N–C) groups is 3. The third-order valence-corrected chi connectivity index (χ3v) is 5.80. The molecule has 1 unspecified atom stereocenters. The summed E-state index contributed by atoms with van der Waals surface area (Å²) in [7, 11) is 0. The molecule has 2 aliphatic rings. The molecule has 0 N–H and O–H groups in total. The van der Waals surface area contributed by atoms with Crippen LogP contribution in [0.2, 0.25) is 0 Å². The summed E-state index contributed by atoms with van der Waals surface area (Å²) in [5.74, 6) is -0.847. The van der Waals surface area contributed by atoms with Gasteiger partial charge < -0.3 is 4.74 Å². The van der Waals surface area contributed by atoms with Gasteiger partial charge in [-0.1, -0.05) is 54.6 Å². The maximum Gasteiger partial charge on any atom is 0.169 e. The van der Waals surface area contributed by atoms with Crippen LogP contribution in [0.1, 0.15) is 29.5 Å². The second-order valence-electron chi connectivity index (χ2n) is 8.25. The number of rotatable bonds is 6. The lowest BCUT2D eigenvalue weighted by Gasteiger charge is -2.14. The van der Waals surface area contributed by atoms with Crippen molar-refractivity contribution < 1.29 is 13.5 Å². The lowest BCUT2D eigenvalue weighted by atomic mass is 10.0. The van der Waals surface area contributed by atoms with Crippen LogP contribution in [0, 0.1) is 11.6 Å². The monoisotopic (exact) mass is 455 g/mol. The van der Waals surface area contributed by atoms with Crippen LogP contribution in [0.15, 0.2) is 99.5 Å². The van der Waals surface area contributed by atoms with Crippen LogP contribution in [0.4, 0.5) is 8.78 Å². The van der Waals surface area contributed by atoms with Gasteiger partial charge >= 0.3 is 0 Å². The molecule has 0 aromatic heterocycles. The number of halogens is 2. The van der Waals surface area contributed by atoms with Crippen molar-refractivity contribution in [2.45, 2.75) is 31.9 Å². The Kier molecular flexibility index (Phi) is 6.38. The number of ether oxygens (including phenoxy) is 1. The second-order valence-corrected chi connectivity index (χ2v) is 8.25. The molecule has 0 amide bonds. The molecule has 1 atom stereocenters. The molecule has 0 saturated carbocycles. The van der Waals surface area contributed by atoms with E-state index in [1.54, 1.807) is 6.21 Å². The zero-order chi connectivity index (χ0) is 23.3. The Bertz CT molecular complexity index is 1290. The molecule has 34 heavy (non-hydrogen) atoms. The highest BCUT2D eigenvalue weighted by atomic mass is 19.2. The summed E-state index contributed by atoms with van der Waals surface area (Å²) >= 11 is 0. The molecule has 170 valence electrons. The Hall–Kier alpha value is -3.93. The maximum atomic E-state index is 14.2. The zero-order valence-corrected chi connectivity index (χ0v) is 18.5. The van der Waals surface area contributed by atoms with Gasteiger partial charge in [-0.05, 0) is 54.7 Å². The van der Waals surface area contributed by atoms with Gasteiger partial charge in [-0.3, -0.25) is 4.99 Å². The summed E-state index contributed by atoms with van der Waals surface area (Å²) in [5.41, 5.74) is 3.59. The molecule has 5 rings (SSSR count). The first-order chi connectivity index (χ1) is 16.7. The first-order valence-corrected chi connectivity index (χ1v) is 11.3. The molecule has 0 radical (unpaired) electrons. The summed E-state index contributed by atoms with van der Waals surface area (Å²) in [4.78, 5) is 13.5. The summed E-state index contributed by atoms with van der Waals surface area (Å²) in [6.07, 6.45) is 6.11.